The highest BCUT2D eigenvalue weighted by Crippen LogP contribution is 2.25. The van der Waals surface area contributed by atoms with E-state index in [9.17, 15) is 4.79 Å². The van der Waals surface area contributed by atoms with Crippen LogP contribution in [0.3, 0.4) is 0 Å². The van der Waals surface area contributed by atoms with Crippen LogP contribution in [0.4, 0.5) is 0 Å². The average molecular weight is 277 g/mol. The van der Waals surface area contributed by atoms with Crippen LogP contribution in [0.1, 0.15) is 12.1 Å². The molecule has 0 aliphatic heterocycles. The van der Waals surface area contributed by atoms with Crippen LogP contribution >= 0.6 is 0 Å². The van der Waals surface area contributed by atoms with Crippen LogP contribution in [0.15, 0.2) is 60.7 Å². The molecule has 1 N–H and O–H groups in total. The molecule has 3 rings (SSSR count). The number of aromatic nitrogens is 1. The van der Waals surface area contributed by atoms with Gasteiger partial charge in [0.1, 0.15) is 0 Å². The van der Waals surface area contributed by atoms with Gasteiger partial charge in [0.15, 0.2) is 0 Å². The molecule has 104 valence electrons. The minimum atomic E-state index is -0.800. The second-order valence-corrected chi connectivity index (χ2v) is 4.94. The fourth-order valence-corrected chi connectivity index (χ4v) is 2.44. The van der Waals surface area contributed by atoms with Crippen molar-refractivity contribution in [1.29, 1.82) is 0 Å². The van der Waals surface area contributed by atoms with Gasteiger partial charge in [-0.15, -0.1) is 0 Å². The Labute approximate surface area is 122 Å². The first-order valence-electron chi connectivity index (χ1n) is 6.90. The molecule has 2 aromatic carbocycles. The van der Waals surface area contributed by atoms with Crippen LogP contribution in [0.25, 0.3) is 22.0 Å². The molecule has 3 heteroatoms. The van der Waals surface area contributed by atoms with Gasteiger partial charge in [-0.05, 0) is 11.5 Å². The van der Waals surface area contributed by atoms with E-state index in [0.717, 1.165) is 27.7 Å². The summed E-state index contributed by atoms with van der Waals surface area (Å²) in [5.74, 6) is -0.800. The molecule has 0 unspecified atom stereocenters. The van der Waals surface area contributed by atoms with Crippen molar-refractivity contribution in [2.45, 2.75) is 12.8 Å². The lowest BCUT2D eigenvalue weighted by Crippen LogP contribution is -2.01. The Bertz CT molecular complexity index is 782. The van der Waals surface area contributed by atoms with Crippen molar-refractivity contribution in [3.05, 3.63) is 66.4 Å². The summed E-state index contributed by atoms with van der Waals surface area (Å²) in [7, 11) is 0. The fraction of sp³-hybridized carbons (Fsp3) is 0.111. The van der Waals surface area contributed by atoms with E-state index in [-0.39, 0.29) is 6.42 Å². The van der Waals surface area contributed by atoms with E-state index < -0.39 is 5.97 Å². The zero-order chi connectivity index (χ0) is 14.7. The lowest BCUT2D eigenvalue weighted by molar-refractivity contribution is -0.136. The summed E-state index contributed by atoms with van der Waals surface area (Å²) >= 11 is 0. The smallest absolute Gasteiger partial charge is 0.303 e. The fourth-order valence-electron chi connectivity index (χ4n) is 2.44. The monoisotopic (exact) mass is 277 g/mol. The summed E-state index contributed by atoms with van der Waals surface area (Å²) < 4.78 is 0. The molecular formula is C18H15NO2. The highest BCUT2D eigenvalue weighted by Gasteiger charge is 2.09. The molecule has 0 aliphatic carbocycles. The first kappa shape index (κ1) is 13.3. The minimum absolute atomic E-state index is 0.0925. The molecule has 1 heterocycles. The second-order valence-electron chi connectivity index (χ2n) is 4.94. The Balaban J connectivity index is 2.12. The number of benzene rings is 2. The summed E-state index contributed by atoms with van der Waals surface area (Å²) in [6.07, 6.45) is 0.533. The largest absolute Gasteiger partial charge is 0.481 e. The molecule has 0 saturated carbocycles. The molecule has 0 amide bonds. The maximum Gasteiger partial charge on any atom is 0.303 e. The van der Waals surface area contributed by atoms with Crippen LogP contribution in [0.2, 0.25) is 0 Å². The number of rotatable bonds is 4. The summed E-state index contributed by atoms with van der Waals surface area (Å²) in [5, 5.41) is 11.0. The number of carbonyl (C=O) groups is 1. The molecule has 0 saturated heterocycles. The van der Waals surface area contributed by atoms with Gasteiger partial charge in [0.25, 0.3) is 0 Å². The highest BCUT2D eigenvalue weighted by atomic mass is 16.4. The highest BCUT2D eigenvalue weighted by molar-refractivity contribution is 5.88. The van der Waals surface area contributed by atoms with E-state index in [1.807, 2.05) is 54.6 Å². The van der Waals surface area contributed by atoms with Gasteiger partial charge in [0.05, 0.1) is 12.1 Å². The van der Waals surface area contributed by atoms with Gasteiger partial charge in [-0.2, -0.15) is 0 Å². The van der Waals surface area contributed by atoms with Crippen molar-refractivity contribution in [3.8, 4) is 11.3 Å². The maximum atomic E-state index is 10.8. The standard InChI is InChI=1S/C18H15NO2/c20-18(21)11-10-16-15-9-5-4-8-14(15)12-17(19-16)13-6-2-1-3-7-13/h1-9,12H,10-11H2,(H,20,21). The normalized spacial score (nSPS) is 10.7. The maximum absolute atomic E-state index is 10.8. The van der Waals surface area contributed by atoms with Gasteiger partial charge in [0.2, 0.25) is 0 Å². The van der Waals surface area contributed by atoms with Crippen LogP contribution in [-0.2, 0) is 11.2 Å². The molecule has 0 bridgehead atoms. The van der Waals surface area contributed by atoms with E-state index >= 15 is 0 Å². The zero-order valence-electron chi connectivity index (χ0n) is 11.5. The molecule has 0 radical (unpaired) electrons. The van der Waals surface area contributed by atoms with E-state index in [2.05, 4.69) is 11.1 Å². The number of aliphatic carboxylic acids is 1. The van der Waals surface area contributed by atoms with Crippen LogP contribution in [0.5, 0.6) is 0 Å². The number of nitrogens with zero attached hydrogens (tertiary/aromatic N) is 1. The lowest BCUT2D eigenvalue weighted by atomic mass is 10.0. The van der Waals surface area contributed by atoms with Crippen molar-refractivity contribution in [3.63, 3.8) is 0 Å². The number of carboxylic acids is 1. The molecule has 21 heavy (non-hydrogen) atoms. The SMILES string of the molecule is O=C(O)CCc1nc(-c2ccccc2)cc2ccccc12. The topological polar surface area (TPSA) is 50.2 Å². The van der Waals surface area contributed by atoms with Gasteiger partial charge in [-0.3, -0.25) is 9.78 Å². The number of hydrogen-bond acceptors (Lipinski definition) is 2. The van der Waals surface area contributed by atoms with Crippen molar-refractivity contribution < 1.29 is 9.90 Å². The van der Waals surface area contributed by atoms with Crippen molar-refractivity contribution in [2.24, 2.45) is 0 Å². The molecular weight excluding hydrogens is 262 g/mol. The Hall–Kier alpha value is -2.68. The Kier molecular flexibility index (Phi) is 3.65. The van der Waals surface area contributed by atoms with Gasteiger partial charge in [-0.1, -0.05) is 54.6 Å². The van der Waals surface area contributed by atoms with Crippen LogP contribution in [0, 0.1) is 0 Å². The van der Waals surface area contributed by atoms with Crippen LogP contribution < -0.4 is 0 Å². The van der Waals surface area contributed by atoms with Gasteiger partial charge in [0, 0.05) is 23.1 Å². The Morgan fingerprint density at radius 1 is 1.00 bits per heavy atom. The summed E-state index contributed by atoms with van der Waals surface area (Å²) in [6.45, 7) is 0. The summed E-state index contributed by atoms with van der Waals surface area (Å²) in [4.78, 5) is 15.5. The first-order valence-corrected chi connectivity index (χ1v) is 6.90. The van der Waals surface area contributed by atoms with Crippen molar-refractivity contribution in [1.82, 2.24) is 4.98 Å². The Morgan fingerprint density at radius 2 is 1.71 bits per heavy atom. The number of pyridine rings is 1. The van der Waals surface area contributed by atoms with Crippen molar-refractivity contribution in [2.75, 3.05) is 0 Å². The number of fused-ring (bicyclic) bond motifs is 1. The third kappa shape index (κ3) is 2.92. The minimum Gasteiger partial charge on any atom is -0.481 e. The number of carboxylic acid groups (broad SMARTS) is 1. The van der Waals surface area contributed by atoms with E-state index in [1.54, 1.807) is 0 Å². The molecule has 0 aliphatic rings. The molecule has 0 atom stereocenters. The van der Waals surface area contributed by atoms with Gasteiger partial charge in [-0.25, -0.2) is 0 Å². The third-order valence-electron chi connectivity index (χ3n) is 3.46. The molecule has 0 spiro atoms. The lowest BCUT2D eigenvalue weighted by Gasteiger charge is -2.09. The van der Waals surface area contributed by atoms with Crippen molar-refractivity contribution >= 4 is 16.7 Å². The van der Waals surface area contributed by atoms with Gasteiger partial charge >= 0.3 is 5.97 Å². The summed E-state index contributed by atoms with van der Waals surface area (Å²) in [5.41, 5.74) is 2.77. The molecule has 1 aromatic heterocycles. The second kappa shape index (κ2) is 5.75. The first-order chi connectivity index (χ1) is 10.2. The van der Waals surface area contributed by atoms with E-state index in [4.69, 9.17) is 5.11 Å². The van der Waals surface area contributed by atoms with E-state index in [0.29, 0.717) is 6.42 Å². The molecule has 0 fully saturated rings. The third-order valence-corrected chi connectivity index (χ3v) is 3.46. The zero-order valence-corrected chi connectivity index (χ0v) is 11.5. The summed E-state index contributed by atoms with van der Waals surface area (Å²) in [6, 6.07) is 20.0. The predicted octanol–water partition coefficient (Wildman–Crippen LogP) is 3.92. The molecule has 3 aromatic rings. The molecule has 3 nitrogen and oxygen atoms in total. The predicted molar refractivity (Wildman–Crippen MR) is 83.1 cm³/mol. The van der Waals surface area contributed by atoms with Crippen LogP contribution in [-0.4, -0.2) is 16.1 Å². The average Bonchev–Trinajstić information content (AvgIpc) is 2.53. The number of hydrogen-bond donors (Lipinski definition) is 1. The van der Waals surface area contributed by atoms with Gasteiger partial charge < -0.3 is 5.11 Å². The number of aryl methyl sites for hydroxylation is 1. The van der Waals surface area contributed by atoms with E-state index in [1.165, 1.54) is 0 Å². The quantitative estimate of drug-likeness (QED) is 0.786. The Morgan fingerprint density at radius 3 is 2.48 bits per heavy atom.